The van der Waals surface area contributed by atoms with E-state index < -0.39 is 11.9 Å². The quantitative estimate of drug-likeness (QED) is 0.773. The first-order valence-corrected chi connectivity index (χ1v) is 9.07. The largest absolute Gasteiger partial charge is 0.465 e. The lowest BCUT2D eigenvalue weighted by atomic mass is 10.1. The van der Waals surface area contributed by atoms with Crippen molar-refractivity contribution in [2.75, 3.05) is 50.7 Å². The molecule has 0 radical (unpaired) electrons. The van der Waals surface area contributed by atoms with Gasteiger partial charge in [-0.15, -0.1) is 0 Å². The highest BCUT2D eigenvalue weighted by molar-refractivity contribution is 6.06. The van der Waals surface area contributed by atoms with Crippen molar-refractivity contribution in [1.29, 1.82) is 0 Å². The van der Waals surface area contributed by atoms with Gasteiger partial charge in [0.25, 0.3) is 5.91 Å². The molecule has 8 heteroatoms. The summed E-state index contributed by atoms with van der Waals surface area (Å²) in [5.41, 5.74) is 2.02. The van der Waals surface area contributed by atoms with E-state index in [-0.39, 0.29) is 22.7 Å². The molecule has 1 aliphatic rings. The second kappa shape index (κ2) is 9.20. The summed E-state index contributed by atoms with van der Waals surface area (Å²) in [5, 5.41) is 2.71. The first-order chi connectivity index (χ1) is 14.0. The average Bonchev–Trinajstić information content (AvgIpc) is 2.78. The Morgan fingerprint density at radius 1 is 0.862 bits per heavy atom. The van der Waals surface area contributed by atoms with Crippen molar-refractivity contribution in [3.05, 3.63) is 59.2 Å². The zero-order valence-electron chi connectivity index (χ0n) is 16.3. The van der Waals surface area contributed by atoms with Gasteiger partial charge in [0.2, 0.25) is 0 Å². The Balaban J connectivity index is 1.78. The van der Waals surface area contributed by atoms with E-state index in [0.717, 1.165) is 18.8 Å². The number of nitrogens with zero attached hydrogens (tertiary/aromatic N) is 1. The Bertz CT molecular complexity index is 870. The number of anilines is 2. The van der Waals surface area contributed by atoms with Gasteiger partial charge in [-0.05, 0) is 42.5 Å². The van der Waals surface area contributed by atoms with Gasteiger partial charge in [-0.3, -0.25) is 4.79 Å². The van der Waals surface area contributed by atoms with Crippen molar-refractivity contribution in [3.63, 3.8) is 0 Å². The monoisotopic (exact) mass is 398 g/mol. The standard InChI is InChI=1S/C21H22N2O6/c1-27-20(25)15-11-16(21(26)28-2)13-17(12-15)22-19(24)14-3-5-18(6-4-14)23-7-9-29-10-8-23/h3-6,11-13H,7-10H2,1-2H3,(H,22,24). The first-order valence-electron chi connectivity index (χ1n) is 9.07. The third kappa shape index (κ3) is 4.91. The Labute approximate surface area is 168 Å². The van der Waals surface area contributed by atoms with Crippen LogP contribution < -0.4 is 10.2 Å². The zero-order chi connectivity index (χ0) is 20.8. The van der Waals surface area contributed by atoms with Crippen molar-refractivity contribution in [2.24, 2.45) is 0 Å². The molecule has 0 spiro atoms. The number of nitrogens with one attached hydrogen (secondary N) is 1. The molecule has 0 unspecified atom stereocenters. The molecule has 1 fully saturated rings. The molecule has 2 aromatic carbocycles. The molecule has 1 N–H and O–H groups in total. The van der Waals surface area contributed by atoms with Crippen LogP contribution in [0.4, 0.5) is 11.4 Å². The molecular weight excluding hydrogens is 376 g/mol. The maximum atomic E-state index is 12.6. The number of ether oxygens (including phenoxy) is 3. The van der Waals surface area contributed by atoms with Gasteiger partial charge in [0, 0.05) is 30.0 Å². The molecule has 29 heavy (non-hydrogen) atoms. The van der Waals surface area contributed by atoms with Gasteiger partial charge in [-0.2, -0.15) is 0 Å². The normalized spacial score (nSPS) is 13.5. The topological polar surface area (TPSA) is 94.2 Å². The number of morpholine rings is 1. The fourth-order valence-corrected chi connectivity index (χ4v) is 3.02. The Morgan fingerprint density at radius 2 is 1.41 bits per heavy atom. The van der Waals surface area contributed by atoms with Crippen molar-refractivity contribution in [1.82, 2.24) is 0 Å². The van der Waals surface area contributed by atoms with Gasteiger partial charge in [0.05, 0.1) is 38.6 Å². The molecule has 0 atom stereocenters. The van der Waals surface area contributed by atoms with Crippen LogP contribution in [0.3, 0.4) is 0 Å². The maximum Gasteiger partial charge on any atom is 0.337 e. The van der Waals surface area contributed by atoms with E-state index in [1.54, 1.807) is 12.1 Å². The summed E-state index contributed by atoms with van der Waals surface area (Å²) >= 11 is 0. The maximum absolute atomic E-state index is 12.6. The summed E-state index contributed by atoms with van der Waals surface area (Å²) in [5.74, 6) is -1.61. The second-order valence-corrected chi connectivity index (χ2v) is 6.38. The fraction of sp³-hybridized carbons (Fsp3) is 0.286. The molecule has 1 heterocycles. The number of hydrogen-bond acceptors (Lipinski definition) is 7. The molecule has 1 aliphatic heterocycles. The van der Waals surface area contributed by atoms with E-state index in [2.05, 4.69) is 10.2 Å². The van der Waals surface area contributed by atoms with Gasteiger partial charge in [-0.1, -0.05) is 0 Å². The van der Waals surface area contributed by atoms with Gasteiger partial charge in [0.1, 0.15) is 0 Å². The van der Waals surface area contributed by atoms with Gasteiger partial charge >= 0.3 is 11.9 Å². The number of esters is 2. The summed E-state index contributed by atoms with van der Waals surface area (Å²) in [4.78, 5) is 38.6. The molecular formula is C21H22N2O6. The number of benzene rings is 2. The summed E-state index contributed by atoms with van der Waals surface area (Å²) in [6.45, 7) is 2.98. The lowest BCUT2D eigenvalue weighted by Crippen LogP contribution is -2.36. The van der Waals surface area contributed by atoms with E-state index in [0.29, 0.717) is 18.8 Å². The van der Waals surface area contributed by atoms with E-state index in [9.17, 15) is 14.4 Å². The highest BCUT2D eigenvalue weighted by Crippen LogP contribution is 2.20. The number of carbonyl (C=O) groups excluding carboxylic acids is 3. The predicted octanol–water partition coefficient (Wildman–Crippen LogP) is 2.35. The van der Waals surface area contributed by atoms with Crippen molar-refractivity contribution in [3.8, 4) is 0 Å². The minimum Gasteiger partial charge on any atom is -0.465 e. The third-order valence-corrected chi connectivity index (χ3v) is 4.54. The van der Waals surface area contributed by atoms with Crippen molar-refractivity contribution in [2.45, 2.75) is 0 Å². The van der Waals surface area contributed by atoms with E-state index in [4.69, 9.17) is 14.2 Å². The highest BCUT2D eigenvalue weighted by Gasteiger charge is 2.16. The summed E-state index contributed by atoms with van der Waals surface area (Å²) in [6.07, 6.45) is 0. The molecule has 3 rings (SSSR count). The number of methoxy groups -OCH3 is 2. The Hall–Kier alpha value is -3.39. The van der Waals surface area contributed by atoms with Crippen LogP contribution in [0.25, 0.3) is 0 Å². The highest BCUT2D eigenvalue weighted by atomic mass is 16.5. The van der Waals surface area contributed by atoms with Crippen LogP contribution in [0.1, 0.15) is 31.1 Å². The number of hydrogen-bond donors (Lipinski definition) is 1. The lowest BCUT2D eigenvalue weighted by molar-refractivity contribution is 0.0599. The van der Waals surface area contributed by atoms with E-state index >= 15 is 0 Å². The third-order valence-electron chi connectivity index (χ3n) is 4.54. The second-order valence-electron chi connectivity index (χ2n) is 6.38. The van der Waals surface area contributed by atoms with Crippen LogP contribution >= 0.6 is 0 Å². The molecule has 0 bridgehead atoms. The van der Waals surface area contributed by atoms with Gasteiger partial charge in [-0.25, -0.2) is 9.59 Å². The predicted molar refractivity (Wildman–Crippen MR) is 107 cm³/mol. The van der Waals surface area contributed by atoms with Gasteiger partial charge < -0.3 is 24.4 Å². The molecule has 0 aromatic heterocycles. The Morgan fingerprint density at radius 3 is 1.93 bits per heavy atom. The van der Waals surface area contributed by atoms with Crippen LogP contribution in [0.2, 0.25) is 0 Å². The molecule has 1 saturated heterocycles. The molecule has 1 amide bonds. The van der Waals surface area contributed by atoms with E-state index in [1.807, 2.05) is 12.1 Å². The average molecular weight is 398 g/mol. The Kier molecular flexibility index (Phi) is 6.46. The summed E-state index contributed by atoms with van der Waals surface area (Å²) < 4.78 is 14.8. The van der Waals surface area contributed by atoms with Crippen LogP contribution in [-0.2, 0) is 14.2 Å². The zero-order valence-corrected chi connectivity index (χ0v) is 16.3. The summed E-state index contributed by atoms with van der Waals surface area (Å²) in [6, 6.07) is 11.5. The number of carbonyl (C=O) groups is 3. The van der Waals surface area contributed by atoms with Crippen molar-refractivity contribution < 1.29 is 28.6 Å². The lowest BCUT2D eigenvalue weighted by Gasteiger charge is -2.28. The molecule has 0 saturated carbocycles. The molecule has 8 nitrogen and oxygen atoms in total. The smallest absolute Gasteiger partial charge is 0.337 e. The van der Waals surface area contributed by atoms with Crippen LogP contribution in [-0.4, -0.2) is 58.4 Å². The molecule has 2 aromatic rings. The minimum atomic E-state index is -0.624. The van der Waals surface area contributed by atoms with Crippen molar-refractivity contribution >= 4 is 29.2 Å². The van der Waals surface area contributed by atoms with Crippen LogP contribution in [0.15, 0.2) is 42.5 Å². The van der Waals surface area contributed by atoms with E-state index in [1.165, 1.54) is 32.4 Å². The minimum absolute atomic E-state index is 0.133. The number of amides is 1. The molecule has 152 valence electrons. The molecule has 0 aliphatic carbocycles. The van der Waals surface area contributed by atoms with Crippen LogP contribution in [0.5, 0.6) is 0 Å². The summed E-state index contributed by atoms with van der Waals surface area (Å²) in [7, 11) is 2.48. The fourth-order valence-electron chi connectivity index (χ4n) is 3.02. The number of rotatable bonds is 5. The van der Waals surface area contributed by atoms with Crippen LogP contribution in [0, 0.1) is 0 Å². The first kappa shape index (κ1) is 20.3. The SMILES string of the molecule is COC(=O)c1cc(NC(=O)c2ccc(N3CCOCC3)cc2)cc(C(=O)OC)c1. The van der Waals surface area contributed by atoms with Gasteiger partial charge in [0.15, 0.2) is 0 Å².